The maximum absolute atomic E-state index is 13.0. The van der Waals surface area contributed by atoms with Gasteiger partial charge < -0.3 is 10.6 Å². The number of amides is 1. The average Bonchev–Trinajstić information content (AvgIpc) is 3.32. The largest absolute Gasteiger partial charge is 0.418 e. The van der Waals surface area contributed by atoms with Crippen LogP contribution in [0.1, 0.15) is 28.8 Å². The molecule has 0 atom stereocenters. The first-order valence-electron chi connectivity index (χ1n) is 7.09. The Morgan fingerprint density at radius 1 is 1.21 bits per heavy atom. The second-order valence-corrected chi connectivity index (χ2v) is 5.79. The minimum atomic E-state index is -4.57. The van der Waals surface area contributed by atoms with Gasteiger partial charge in [0.2, 0.25) is 5.95 Å². The predicted molar refractivity (Wildman–Crippen MR) is 82.3 cm³/mol. The van der Waals surface area contributed by atoms with E-state index in [2.05, 4.69) is 20.6 Å². The van der Waals surface area contributed by atoms with E-state index in [4.69, 9.17) is 11.6 Å². The van der Waals surface area contributed by atoms with E-state index in [1.807, 2.05) is 0 Å². The van der Waals surface area contributed by atoms with Crippen LogP contribution in [0.25, 0.3) is 0 Å². The number of anilines is 2. The van der Waals surface area contributed by atoms with Crippen molar-refractivity contribution in [3.8, 4) is 0 Å². The summed E-state index contributed by atoms with van der Waals surface area (Å²) in [7, 11) is 0. The molecule has 1 aromatic carbocycles. The molecule has 0 bridgehead atoms. The molecule has 5 nitrogen and oxygen atoms in total. The fourth-order valence-corrected chi connectivity index (χ4v) is 2.16. The summed E-state index contributed by atoms with van der Waals surface area (Å²) >= 11 is 5.62. The smallest absolute Gasteiger partial charge is 0.349 e. The summed E-state index contributed by atoms with van der Waals surface area (Å²) in [6.07, 6.45) is -0.157. The lowest BCUT2D eigenvalue weighted by molar-refractivity contribution is -0.136. The topological polar surface area (TPSA) is 66.9 Å². The van der Waals surface area contributed by atoms with Crippen LogP contribution >= 0.6 is 11.6 Å². The van der Waals surface area contributed by atoms with E-state index in [1.165, 1.54) is 24.5 Å². The van der Waals surface area contributed by atoms with E-state index in [0.29, 0.717) is 0 Å². The molecule has 0 radical (unpaired) electrons. The second kappa shape index (κ2) is 6.27. The summed E-state index contributed by atoms with van der Waals surface area (Å²) in [6, 6.07) is 3.54. The number of alkyl halides is 3. The van der Waals surface area contributed by atoms with Crippen LogP contribution in [0.5, 0.6) is 0 Å². The average molecular weight is 357 g/mol. The first-order valence-corrected chi connectivity index (χ1v) is 7.47. The normalized spacial score (nSPS) is 14.3. The monoisotopic (exact) mass is 356 g/mol. The Balaban J connectivity index is 1.77. The van der Waals surface area contributed by atoms with Gasteiger partial charge in [0.05, 0.1) is 16.8 Å². The molecule has 1 aliphatic carbocycles. The van der Waals surface area contributed by atoms with Gasteiger partial charge in [0.15, 0.2) is 0 Å². The molecule has 1 heterocycles. The highest BCUT2D eigenvalue weighted by atomic mass is 35.5. The number of aromatic nitrogens is 2. The van der Waals surface area contributed by atoms with E-state index >= 15 is 0 Å². The van der Waals surface area contributed by atoms with Gasteiger partial charge in [0.25, 0.3) is 5.91 Å². The van der Waals surface area contributed by atoms with Crippen molar-refractivity contribution in [1.82, 2.24) is 15.3 Å². The molecule has 3 rings (SSSR count). The second-order valence-electron chi connectivity index (χ2n) is 5.36. The summed E-state index contributed by atoms with van der Waals surface area (Å²) in [6.45, 7) is 0. The molecule has 2 N–H and O–H groups in total. The Labute approximate surface area is 140 Å². The predicted octanol–water partition coefficient (Wildman–Crippen LogP) is 3.78. The zero-order valence-electron chi connectivity index (χ0n) is 12.2. The van der Waals surface area contributed by atoms with Gasteiger partial charge in [-0.1, -0.05) is 11.6 Å². The van der Waals surface area contributed by atoms with Gasteiger partial charge in [-0.3, -0.25) is 4.79 Å². The summed E-state index contributed by atoms with van der Waals surface area (Å²) in [5.41, 5.74) is -0.893. The fourth-order valence-electron chi connectivity index (χ4n) is 1.99. The Kier molecular flexibility index (Phi) is 4.31. The van der Waals surface area contributed by atoms with Gasteiger partial charge in [0.1, 0.15) is 0 Å². The molecule has 1 amide bonds. The van der Waals surface area contributed by atoms with Crippen LogP contribution in [0.15, 0.2) is 30.6 Å². The van der Waals surface area contributed by atoms with Crippen LogP contribution in [-0.4, -0.2) is 21.9 Å². The summed E-state index contributed by atoms with van der Waals surface area (Å²) < 4.78 is 39.1. The number of hydrogen-bond acceptors (Lipinski definition) is 4. The number of rotatable bonds is 4. The maximum atomic E-state index is 13.0. The Hall–Kier alpha value is -2.35. The number of nitrogens with one attached hydrogen (secondary N) is 2. The highest BCUT2D eigenvalue weighted by Crippen LogP contribution is 2.37. The number of carbonyl (C=O) groups excluding carboxylic acids is 1. The number of nitrogens with zero attached hydrogens (tertiary/aromatic N) is 2. The minimum absolute atomic E-state index is 0.0270. The molecular weight excluding hydrogens is 345 g/mol. The van der Waals surface area contributed by atoms with E-state index < -0.39 is 11.7 Å². The highest BCUT2D eigenvalue weighted by molar-refractivity contribution is 6.30. The quantitative estimate of drug-likeness (QED) is 0.874. The van der Waals surface area contributed by atoms with Crippen molar-refractivity contribution >= 4 is 29.1 Å². The molecule has 1 aromatic heterocycles. The molecule has 0 saturated heterocycles. The Morgan fingerprint density at radius 3 is 2.46 bits per heavy atom. The van der Waals surface area contributed by atoms with Crippen LogP contribution in [0.4, 0.5) is 24.8 Å². The Morgan fingerprint density at radius 2 is 1.88 bits per heavy atom. The third-order valence-corrected chi connectivity index (χ3v) is 3.60. The van der Waals surface area contributed by atoms with Gasteiger partial charge in [-0.15, -0.1) is 0 Å². The highest BCUT2D eigenvalue weighted by Gasteiger charge is 2.34. The lowest BCUT2D eigenvalue weighted by Gasteiger charge is -2.14. The molecule has 0 aliphatic heterocycles. The van der Waals surface area contributed by atoms with Crippen molar-refractivity contribution in [3.63, 3.8) is 0 Å². The summed E-state index contributed by atoms with van der Waals surface area (Å²) in [5.74, 6) is -0.350. The number of hydrogen-bond donors (Lipinski definition) is 2. The molecular formula is C15H12ClF3N4O. The van der Waals surface area contributed by atoms with Crippen molar-refractivity contribution in [1.29, 1.82) is 0 Å². The van der Waals surface area contributed by atoms with Crippen LogP contribution in [-0.2, 0) is 6.18 Å². The standard InChI is InChI=1S/C15H12ClF3N4O/c16-9-1-4-12(11(5-9)15(17,18)19)23-14-20-6-8(7-21-14)13(24)22-10-2-3-10/h1,4-7,10H,2-3H2,(H,22,24)(H,20,21,23). The molecule has 9 heteroatoms. The van der Waals surface area contributed by atoms with Crippen molar-refractivity contribution in [2.75, 3.05) is 5.32 Å². The van der Waals surface area contributed by atoms with Crippen LogP contribution in [0, 0.1) is 0 Å². The van der Waals surface area contributed by atoms with E-state index in [0.717, 1.165) is 18.9 Å². The van der Waals surface area contributed by atoms with Crippen molar-refractivity contribution in [3.05, 3.63) is 46.7 Å². The van der Waals surface area contributed by atoms with Crippen LogP contribution in [0.2, 0.25) is 5.02 Å². The molecule has 126 valence electrons. The van der Waals surface area contributed by atoms with Gasteiger partial charge in [-0.05, 0) is 31.0 Å². The van der Waals surface area contributed by atoms with Crippen LogP contribution < -0.4 is 10.6 Å². The lowest BCUT2D eigenvalue weighted by atomic mass is 10.1. The fraction of sp³-hybridized carbons (Fsp3) is 0.267. The van der Waals surface area contributed by atoms with Crippen molar-refractivity contribution in [2.45, 2.75) is 25.1 Å². The zero-order chi connectivity index (χ0) is 17.3. The van der Waals surface area contributed by atoms with E-state index in [1.54, 1.807) is 0 Å². The lowest BCUT2D eigenvalue weighted by Crippen LogP contribution is -2.25. The van der Waals surface area contributed by atoms with Gasteiger partial charge >= 0.3 is 6.18 Å². The minimum Gasteiger partial charge on any atom is -0.349 e. The van der Waals surface area contributed by atoms with Crippen LogP contribution in [0.3, 0.4) is 0 Å². The van der Waals surface area contributed by atoms with E-state index in [9.17, 15) is 18.0 Å². The first kappa shape index (κ1) is 16.5. The summed E-state index contributed by atoms with van der Waals surface area (Å²) in [4.78, 5) is 19.6. The third-order valence-electron chi connectivity index (χ3n) is 3.36. The molecule has 2 aromatic rings. The third kappa shape index (κ3) is 3.94. The van der Waals surface area contributed by atoms with Gasteiger partial charge in [-0.25, -0.2) is 9.97 Å². The number of benzene rings is 1. The molecule has 1 saturated carbocycles. The maximum Gasteiger partial charge on any atom is 0.418 e. The first-order chi connectivity index (χ1) is 11.3. The molecule has 0 spiro atoms. The number of carbonyl (C=O) groups is 1. The summed E-state index contributed by atoms with van der Waals surface area (Å²) in [5, 5.41) is 5.24. The van der Waals surface area contributed by atoms with Crippen molar-refractivity contribution in [2.24, 2.45) is 0 Å². The molecule has 24 heavy (non-hydrogen) atoms. The molecule has 1 fully saturated rings. The Bertz CT molecular complexity index is 760. The number of halogens is 4. The molecule has 1 aliphatic rings. The zero-order valence-corrected chi connectivity index (χ0v) is 12.9. The van der Waals surface area contributed by atoms with E-state index in [-0.39, 0.29) is 34.2 Å². The molecule has 0 unspecified atom stereocenters. The van der Waals surface area contributed by atoms with Crippen molar-refractivity contribution < 1.29 is 18.0 Å². The van der Waals surface area contributed by atoms with Gasteiger partial charge in [0, 0.05) is 23.5 Å². The van der Waals surface area contributed by atoms with Gasteiger partial charge in [-0.2, -0.15) is 13.2 Å². The SMILES string of the molecule is O=C(NC1CC1)c1cnc(Nc2ccc(Cl)cc2C(F)(F)F)nc1.